The standard InChI is InChI=1S/C23H21Cl2N7O3/c1-13-5-6-19(26-7-13)30-22(34)18(11-31-9-14(33)10-31)35-23-15-8-29-32(21(15)27-12-28-23)20-16(24)3-2-4-17(20)25/h2-8,12,14,18,33H,9-11H2,1H3,(H,26,30,34)/t18-/m0/s1. The van der Waals surface area contributed by atoms with Gasteiger partial charge in [0.2, 0.25) is 5.88 Å². The molecule has 4 heterocycles. The molecule has 0 bridgehead atoms. The van der Waals surface area contributed by atoms with E-state index in [9.17, 15) is 9.90 Å². The topological polar surface area (TPSA) is 118 Å². The van der Waals surface area contributed by atoms with Gasteiger partial charge < -0.3 is 15.2 Å². The highest BCUT2D eigenvalue weighted by Gasteiger charge is 2.32. The quantitative estimate of drug-likeness (QED) is 0.387. The Morgan fingerprint density at radius 2 is 1.94 bits per heavy atom. The van der Waals surface area contributed by atoms with Crippen molar-refractivity contribution >= 4 is 46.0 Å². The van der Waals surface area contributed by atoms with Gasteiger partial charge in [0.1, 0.15) is 23.2 Å². The van der Waals surface area contributed by atoms with Gasteiger partial charge in [-0.05, 0) is 30.7 Å². The van der Waals surface area contributed by atoms with E-state index < -0.39 is 18.1 Å². The van der Waals surface area contributed by atoms with E-state index in [2.05, 4.69) is 25.4 Å². The second-order valence-electron chi connectivity index (χ2n) is 8.23. The van der Waals surface area contributed by atoms with Gasteiger partial charge in [0.15, 0.2) is 11.8 Å². The third-order valence-electron chi connectivity index (χ3n) is 5.55. The number of anilines is 1. The highest BCUT2D eigenvalue weighted by molar-refractivity contribution is 6.37. The van der Waals surface area contributed by atoms with Crippen LogP contribution in [0.25, 0.3) is 16.7 Å². The van der Waals surface area contributed by atoms with Gasteiger partial charge in [-0.15, -0.1) is 0 Å². The number of aromatic nitrogens is 5. The number of ether oxygens (including phenoxy) is 1. The highest BCUT2D eigenvalue weighted by Crippen LogP contribution is 2.32. The van der Waals surface area contributed by atoms with Crippen LogP contribution in [0.2, 0.25) is 10.0 Å². The molecule has 1 fully saturated rings. The van der Waals surface area contributed by atoms with Crippen molar-refractivity contribution < 1.29 is 14.6 Å². The van der Waals surface area contributed by atoms with Crippen LogP contribution in [0.15, 0.2) is 49.1 Å². The van der Waals surface area contributed by atoms with E-state index in [-0.39, 0.29) is 12.4 Å². The van der Waals surface area contributed by atoms with Crippen LogP contribution < -0.4 is 10.1 Å². The molecule has 0 saturated carbocycles. The summed E-state index contributed by atoms with van der Waals surface area (Å²) in [4.78, 5) is 27.9. The zero-order valence-corrected chi connectivity index (χ0v) is 20.1. The number of β-amino-alcohol motifs (C(OH)–C–C–N with tert-alkyl or cyclic N) is 1. The van der Waals surface area contributed by atoms with Crippen LogP contribution in [0, 0.1) is 6.92 Å². The Bertz CT molecular complexity index is 1350. The summed E-state index contributed by atoms with van der Waals surface area (Å²) in [6.07, 6.45) is 3.18. The first-order valence-corrected chi connectivity index (χ1v) is 11.6. The summed E-state index contributed by atoms with van der Waals surface area (Å²) < 4.78 is 7.61. The van der Waals surface area contributed by atoms with Gasteiger partial charge >= 0.3 is 0 Å². The number of rotatable bonds is 7. The first kappa shape index (κ1) is 23.4. The largest absolute Gasteiger partial charge is 0.462 e. The number of aliphatic hydroxyl groups excluding tert-OH is 1. The van der Waals surface area contributed by atoms with Crippen LogP contribution in [0.5, 0.6) is 5.88 Å². The second-order valence-corrected chi connectivity index (χ2v) is 9.05. The number of likely N-dealkylation sites (tertiary alicyclic amines) is 1. The number of aliphatic hydroxyl groups is 1. The minimum absolute atomic E-state index is 0.183. The van der Waals surface area contributed by atoms with Crippen molar-refractivity contribution in [3.05, 3.63) is 64.7 Å². The lowest BCUT2D eigenvalue weighted by Gasteiger charge is -2.37. The molecule has 35 heavy (non-hydrogen) atoms. The van der Waals surface area contributed by atoms with E-state index in [1.807, 2.05) is 17.9 Å². The summed E-state index contributed by atoms with van der Waals surface area (Å²) in [6, 6.07) is 8.72. The summed E-state index contributed by atoms with van der Waals surface area (Å²) in [6.45, 7) is 3.08. The minimum Gasteiger partial charge on any atom is -0.462 e. The first-order chi connectivity index (χ1) is 16.9. The third kappa shape index (κ3) is 4.92. The van der Waals surface area contributed by atoms with Gasteiger partial charge in [-0.25, -0.2) is 19.6 Å². The number of para-hydroxylation sites is 1. The highest BCUT2D eigenvalue weighted by atomic mass is 35.5. The molecular formula is C23H21Cl2N7O3. The van der Waals surface area contributed by atoms with Gasteiger partial charge in [-0.3, -0.25) is 9.69 Å². The Kier molecular flexibility index (Phi) is 6.52. The van der Waals surface area contributed by atoms with Gasteiger partial charge in [0.25, 0.3) is 5.91 Å². The van der Waals surface area contributed by atoms with E-state index in [1.165, 1.54) is 17.2 Å². The molecule has 1 saturated heterocycles. The van der Waals surface area contributed by atoms with Crippen molar-refractivity contribution in [2.75, 3.05) is 25.0 Å². The average molecular weight is 514 g/mol. The van der Waals surface area contributed by atoms with Crippen molar-refractivity contribution in [1.82, 2.24) is 29.6 Å². The van der Waals surface area contributed by atoms with E-state index >= 15 is 0 Å². The van der Waals surface area contributed by atoms with E-state index in [0.29, 0.717) is 45.7 Å². The number of pyridine rings is 1. The van der Waals surface area contributed by atoms with Crippen LogP contribution in [0.3, 0.4) is 0 Å². The normalized spacial score (nSPS) is 15.1. The molecule has 12 heteroatoms. The number of nitrogens with zero attached hydrogens (tertiary/aromatic N) is 6. The number of halogens is 2. The monoisotopic (exact) mass is 513 g/mol. The fourth-order valence-electron chi connectivity index (χ4n) is 3.75. The Hall–Kier alpha value is -3.31. The van der Waals surface area contributed by atoms with E-state index in [1.54, 1.807) is 30.5 Å². The number of fused-ring (bicyclic) bond motifs is 1. The van der Waals surface area contributed by atoms with E-state index in [4.69, 9.17) is 27.9 Å². The fraction of sp³-hybridized carbons (Fsp3) is 0.261. The Morgan fingerprint density at radius 3 is 2.63 bits per heavy atom. The summed E-state index contributed by atoms with van der Waals surface area (Å²) in [7, 11) is 0. The lowest BCUT2D eigenvalue weighted by atomic mass is 10.1. The number of carbonyl (C=O) groups excluding carboxylic acids is 1. The molecular weight excluding hydrogens is 493 g/mol. The summed E-state index contributed by atoms with van der Waals surface area (Å²) in [5, 5.41) is 18.1. The molecule has 1 aliphatic heterocycles. The molecule has 1 aromatic carbocycles. The van der Waals surface area contributed by atoms with Gasteiger partial charge in [-0.1, -0.05) is 35.3 Å². The zero-order valence-electron chi connectivity index (χ0n) is 18.6. The van der Waals surface area contributed by atoms with Gasteiger partial charge in [-0.2, -0.15) is 5.10 Å². The molecule has 1 atom stereocenters. The molecule has 1 aliphatic rings. The van der Waals surface area contributed by atoms with Crippen molar-refractivity contribution in [1.29, 1.82) is 0 Å². The van der Waals surface area contributed by atoms with Crippen molar-refractivity contribution in [3.8, 4) is 11.6 Å². The van der Waals surface area contributed by atoms with Crippen molar-refractivity contribution in [2.45, 2.75) is 19.1 Å². The maximum Gasteiger partial charge on any atom is 0.268 e. The number of amides is 1. The van der Waals surface area contributed by atoms with Crippen LogP contribution in [-0.2, 0) is 4.79 Å². The van der Waals surface area contributed by atoms with E-state index in [0.717, 1.165) is 5.56 Å². The van der Waals surface area contributed by atoms with Crippen LogP contribution in [0.4, 0.5) is 5.82 Å². The van der Waals surface area contributed by atoms with Gasteiger partial charge in [0.05, 0.1) is 22.3 Å². The predicted octanol–water partition coefficient (Wildman–Crippen LogP) is 2.89. The van der Waals surface area contributed by atoms with Crippen LogP contribution >= 0.6 is 23.2 Å². The third-order valence-corrected chi connectivity index (χ3v) is 6.16. The van der Waals surface area contributed by atoms with Crippen LogP contribution in [-0.4, -0.2) is 72.5 Å². The molecule has 10 nitrogen and oxygen atoms in total. The van der Waals surface area contributed by atoms with Gasteiger partial charge in [0, 0.05) is 25.8 Å². The predicted molar refractivity (Wildman–Crippen MR) is 131 cm³/mol. The number of benzene rings is 1. The minimum atomic E-state index is -0.934. The summed E-state index contributed by atoms with van der Waals surface area (Å²) >= 11 is 12.7. The molecule has 0 spiro atoms. The fourth-order valence-corrected chi connectivity index (χ4v) is 4.31. The molecule has 180 valence electrons. The maximum atomic E-state index is 13.1. The number of hydrogen-bond acceptors (Lipinski definition) is 8. The average Bonchev–Trinajstić information content (AvgIpc) is 3.23. The first-order valence-electron chi connectivity index (χ1n) is 10.8. The number of hydrogen-bond donors (Lipinski definition) is 2. The molecule has 0 radical (unpaired) electrons. The van der Waals surface area contributed by atoms with Crippen molar-refractivity contribution in [2.24, 2.45) is 0 Å². The lowest BCUT2D eigenvalue weighted by Crippen LogP contribution is -2.55. The molecule has 3 aromatic heterocycles. The smallest absolute Gasteiger partial charge is 0.268 e. The Labute approximate surface area is 210 Å². The summed E-state index contributed by atoms with van der Waals surface area (Å²) in [5.41, 5.74) is 1.87. The number of carbonyl (C=O) groups is 1. The second kappa shape index (κ2) is 9.74. The molecule has 0 aliphatic carbocycles. The number of aryl methyl sites for hydroxylation is 1. The zero-order chi connectivity index (χ0) is 24.5. The molecule has 0 unspecified atom stereocenters. The van der Waals surface area contributed by atoms with Crippen molar-refractivity contribution in [3.63, 3.8) is 0 Å². The Morgan fingerprint density at radius 1 is 1.17 bits per heavy atom. The summed E-state index contributed by atoms with van der Waals surface area (Å²) in [5.74, 6) is 0.199. The Balaban J connectivity index is 1.45. The maximum absolute atomic E-state index is 13.1. The molecule has 4 aromatic rings. The molecule has 2 N–H and O–H groups in total. The molecule has 5 rings (SSSR count). The number of nitrogens with one attached hydrogen (secondary N) is 1. The molecule has 1 amide bonds. The lowest BCUT2D eigenvalue weighted by molar-refractivity contribution is -0.125. The van der Waals surface area contributed by atoms with Crippen LogP contribution in [0.1, 0.15) is 5.56 Å². The SMILES string of the molecule is Cc1ccc(NC(=O)[C@H](CN2CC(O)C2)Oc2ncnc3c2cnn3-c2c(Cl)cccc2Cl)nc1.